The largest absolute Gasteiger partial charge is 0.493 e. The summed E-state index contributed by atoms with van der Waals surface area (Å²) in [6, 6.07) is 13.1. The standard InChI is InChI=1S/C23H28N2O5/c1-16-15-25(18-6-4-5-7-19(18)30-16)23(27)11-10-22(26)24-13-12-17-8-9-20(28-2)21(14-17)29-3/h4-9,14,16H,10-13,15H2,1-3H3,(H,24,26)/t16-/m0/s1. The Morgan fingerprint density at radius 2 is 1.87 bits per heavy atom. The van der Waals surface area contributed by atoms with Crippen molar-refractivity contribution in [3.8, 4) is 17.2 Å². The Morgan fingerprint density at radius 1 is 1.10 bits per heavy atom. The highest BCUT2D eigenvalue weighted by atomic mass is 16.5. The second-order valence-electron chi connectivity index (χ2n) is 7.19. The number of carbonyl (C=O) groups is 2. The molecule has 1 atom stereocenters. The number of carbonyl (C=O) groups excluding carboxylic acids is 2. The fraction of sp³-hybridized carbons (Fsp3) is 0.391. The maximum Gasteiger partial charge on any atom is 0.227 e. The molecule has 0 unspecified atom stereocenters. The van der Waals surface area contributed by atoms with E-state index < -0.39 is 0 Å². The second kappa shape index (κ2) is 10.0. The van der Waals surface area contributed by atoms with Crippen LogP contribution in [0.3, 0.4) is 0 Å². The molecule has 30 heavy (non-hydrogen) atoms. The average molecular weight is 412 g/mol. The number of ether oxygens (including phenoxy) is 3. The van der Waals surface area contributed by atoms with Gasteiger partial charge in [-0.05, 0) is 43.2 Å². The number of methoxy groups -OCH3 is 2. The molecule has 1 aliphatic heterocycles. The smallest absolute Gasteiger partial charge is 0.227 e. The fourth-order valence-corrected chi connectivity index (χ4v) is 3.45. The summed E-state index contributed by atoms with van der Waals surface area (Å²) in [6.07, 6.45) is 0.884. The number of fused-ring (bicyclic) bond motifs is 1. The number of nitrogens with one attached hydrogen (secondary N) is 1. The maximum absolute atomic E-state index is 12.7. The third-order valence-electron chi connectivity index (χ3n) is 4.97. The van der Waals surface area contributed by atoms with E-state index in [1.165, 1.54) is 0 Å². The third kappa shape index (κ3) is 5.23. The van der Waals surface area contributed by atoms with Gasteiger partial charge in [0.1, 0.15) is 11.9 Å². The van der Waals surface area contributed by atoms with Crippen LogP contribution in [-0.2, 0) is 16.0 Å². The lowest BCUT2D eigenvalue weighted by Crippen LogP contribution is -2.42. The van der Waals surface area contributed by atoms with Gasteiger partial charge >= 0.3 is 0 Å². The minimum Gasteiger partial charge on any atom is -0.493 e. The van der Waals surface area contributed by atoms with E-state index in [0.717, 1.165) is 11.3 Å². The Labute approximate surface area is 176 Å². The molecule has 0 bridgehead atoms. The average Bonchev–Trinajstić information content (AvgIpc) is 2.76. The molecule has 7 heteroatoms. The normalized spacial score (nSPS) is 15.0. The fourth-order valence-electron chi connectivity index (χ4n) is 3.45. The summed E-state index contributed by atoms with van der Waals surface area (Å²) in [4.78, 5) is 26.6. The van der Waals surface area contributed by atoms with Gasteiger partial charge in [0.25, 0.3) is 0 Å². The van der Waals surface area contributed by atoms with Crippen molar-refractivity contribution in [1.29, 1.82) is 0 Å². The Hall–Kier alpha value is -3.22. The Balaban J connectivity index is 1.47. The van der Waals surface area contributed by atoms with Crippen molar-refractivity contribution >= 4 is 17.5 Å². The van der Waals surface area contributed by atoms with Gasteiger partial charge in [0.15, 0.2) is 11.5 Å². The first-order valence-corrected chi connectivity index (χ1v) is 10.1. The second-order valence-corrected chi connectivity index (χ2v) is 7.19. The molecular weight excluding hydrogens is 384 g/mol. The zero-order valence-corrected chi connectivity index (χ0v) is 17.6. The van der Waals surface area contributed by atoms with E-state index in [2.05, 4.69) is 5.32 Å². The van der Waals surface area contributed by atoms with Gasteiger partial charge in [0, 0.05) is 19.4 Å². The molecule has 160 valence electrons. The van der Waals surface area contributed by atoms with Crippen LogP contribution < -0.4 is 24.4 Å². The van der Waals surface area contributed by atoms with E-state index in [4.69, 9.17) is 14.2 Å². The zero-order valence-electron chi connectivity index (χ0n) is 17.6. The Morgan fingerprint density at radius 3 is 2.63 bits per heavy atom. The molecule has 1 heterocycles. The summed E-state index contributed by atoms with van der Waals surface area (Å²) in [5.41, 5.74) is 1.79. The Bertz CT molecular complexity index is 899. The molecule has 0 aromatic heterocycles. The lowest BCUT2D eigenvalue weighted by atomic mass is 10.1. The van der Waals surface area contributed by atoms with Crippen LogP contribution in [0.2, 0.25) is 0 Å². The molecule has 1 aliphatic rings. The zero-order chi connectivity index (χ0) is 21.5. The predicted octanol–water partition coefficient (Wildman–Crippen LogP) is 2.96. The molecule has 3 rings (SSSR count). The molecule has 0 saturated heterocycles. The topological polar surface area (TPSA) is 77.1 Å². The molecular formula is C23H28N2O5. The predicted molar refractivity (Wildman–Crippen MR) is 114 cm³/mol. The van der Waals surface area contributed by atoms with Crippen molar-refractivity contribution < 1.29 is 23.8 Å². The highest BCUT2D eigenvalue weighted by molar-refractivity contribution is 5.97. The molecule has 0 saturated carbocycles. The number of hydrogen-bond acceptors (Lipinski definition) is 5. The van der Waals surface area contributed by atoms with Gasteiger partial charge in [-0.3, -0.25) is 9.59 Å². The van der Waals surface area contributed by atoms with E-state index in [-0.39, 0.29) is 30.8 Å². The van der Waals surface area contributed by atoms with E-state index in [1.54, 1.807) is 19.1 Å². The van der Waals surface area contributed by atoms with Crippen LogP contribution in [0.25, 0.3) is 0 Å². The van der Waals surface area contributed by atoms with E-state index in [1.807, 2.05) is 49.4 Å². The number of rotatable bonds is 8. The third-order valence-corrected chi connectivity index (χ3v) is 4.97. The number of para-hydroxylation sites is 2. The van der Waals surface area contributed by atoms with Gasteiger partial charge in [0.2, 0.25) is 11.8 Å². The first-order chi connectivity index (χ1) is 14.5. The van der Waals surface area contributed by atoms with Gasteiger partial charge in [-0.25, -0.2) is 0 Å². The molecule has 0 spiro atoms. The number of amides is 2. The quantitative estimate of drug-likeness (QED) is 0.721. The Kier molecular flexibility index (Phi) is 7.17. The van der Waals surface area contributed by atoms with E-state index in [0.29, 0.717) is 36.8 Å². The molecule has 2 aromatic rings. The molecule has 2 aromatic carbocycles. The summed E-state index contributed by atoms with van der Waals surface area (Å²) < 4.78 is 16.3. The van der Waals surface area contributed by atoms with Crippen molar-refractivity contribution in [2.75, 3.05) is 32.2 Å². The number of hydrogen-bond donors (Lipinski definition) is 1. The lowest BCUT2D eigenvalue weighted by Gasteiger charge is -2.33. The first kappa shape index (κ1) is 21.5. The van der Waals surface area contributed by atoms with Crippen LogP contribution in [-0.4, -0.2) is 45.2 Å². The van der Waals surface area contributed by atoms with Crippen LogP contribution in [0.15, 0.2) is 42.5 Å². The van der Waals surface area contributed by atoms with Gasteiger partial charge in [0.05, 0.1) is 26.5 Å². The van der Waals surface area contributed by atoms with Crippen LogP contribution in [0.4, 0.5) is 5.69 Å². The monoisotopic (exact) mass is 412 g/mol. The SMILES string of the molecule is COc1ccc(CCNC(=O)CCC(=O)N2C[C@H](C)Oc3ccccc32)cc1OC. The van der Waals surface area contributed by atoms with E-state index in [9.17, 15) is 9.59 Å². The summed E-state index contributed by atoms with van der Waals surface area (Å²) >= 11 is 0. The van der Waals surface area contributed by atoms with Gasteiger partial charge in [-0.1, -0.05) is 18.2 Å². The molecule has 7 nitrogen and oxygen atoms in total. The number of anilines is 1. The van der Waals surface area contributed by atoms with Crippen LogP contribution in [0.1, 0.15) is 25.3 Å². The minimum absolute atomic E-state index is 0.0763. The summed E-state index contributed by atoms with van der Waals surface area (Å²) in [5.74, 6) is 1.81. The molecule has 0 aliphatic carbocycles. The van der Waals surface area contributed by atoms with Gasteiger partial charge < -0.3 is 24.4 Å². The minimum atomic E-state index is -0.140. The number of benzene rings is 2. The molecule has 0 radical (unpaired) electrons. The highest BCUT2D eigenvalue weighted by Gasteiger charge is 2.27. The van der Waals surface area contributed by atoms with E-state index >= 15 is 0 Å². The summed E-state index contributed by atoms with van der Waals surface area (Å²) in [6.45, 7) is 2.90. The van der Waals surface area contributed by atoms with Gasteiger partial charge in [-0.15, -0.1) is 0 Å². The first-order valence-electron chi connectivity index (χ1n) is 10.1. The highest BCUT2D eigenvalue weighted by Crippen LogP contribution is 2.33. The molecule has 0 fully saturated rings. The molecule has 1 N–H and O–H groups in total. The summed E-state index contributed by atoms with van der Waals surface area (Å²) in [5, 5.41) is 2.88. The van der Waals surface area contributed by atoms with Crippen molar-refractivity contribution in [1.82, 2.24) is 5.32 Å². The van der Waals surface area contributed by atoms with Crippen molar-refractivity contribution in [3.05, 3.63) is 48.0 Å². The molecule has 2 amide bonds. The number of nitrogens with zero attached hydrogens (tertiary/aromatic N) is 1. The lowest BCUT2D eigenvalue weighted by molar-refractivity contribution is -0.125. The maximum atomic E-state index is 12.7. The van der Waals surface area contributed by atoms with Crippen LogP contribution in [0, 0.1) is 0 Å². The van der Waals surface area contributed by atoms with Gasteiger partial charge in [-0.2, -0.15) is 0 Å². The summed E-state index contributed by atoms with van der Waals surface area (Å²) in [7, 11) is 3.18. The van der Waals surface area contributed by atoms with Crippen molar-refractivity contribution in [3.63, 3.8) is 0 Å². The van der Waals surface area contributed by atoms with Crippen molar-refractivity contribution in [2.24, 2.45) is 0 Å². The van der Waals surface area contributed by atoms with Crippen LogP contribution in [0.5, 0.6) is 17.2 Å². The van der Waals surface area contributed by atoms with Crippen molar-refractivity contribution in [2.45, 2.75) is 32.3 Å². The van der Waals surface area contributed by atoms with Crippen LogP contribution >= 0.6 is 0 Å².